The molecule has 1 unspecified atom stereocenters. The summed E-state index contributed by atoms with van der Waals surface area (Å²) < 4.78 is 0. The minimum absolute atomic E-state index is 0.645. The first kappa shape index (κ1) is 13.0. The summed E-state index contributed by atoms with van der Waals surface area (Å²) in [4.78, 5) is 0. The van der Waals surface area contributed by atoms with E-state index < -0.39 is 14.2 Å². The van der Waals surface area contributed by atoms with Gasteiger partial charge in [0.05, 0.1) is 0 Å². The van der Waals surface area contributed by atoms with Crippen LogP contribution in [0.2, 0.25) is 19.6 Å². The van der Waals surface area contributed by atoms with Crippen LogP contribution in [-0.2, 0) is 0 Å². The fourth-order valence-corrected chi connectivity index (χ4v) is 2.19. The zero-order chi connectivity index (χ0) is 12.3. The highest BCUT2D eigenvalue weighted by molar-refractivity contribution is 6.83. The fraction of sp³-hybridized carbons (Fsp3) is 0.429. The normalized spacial score (nSPS) is 12.9. The number of aliphatic hydroxyl groups excluding tert-OH is 1. The molecule has 1 atom stereocenters. The van der Waals surface area contributed by atoms with Gasteiger partial charge in [0.25, 0.3) is 0 Å². The molecule has 0 aliphatic carbocycles. The SMILES string of the molecule is Cc1cccc(C)c1C(O)C#C[Si](C)(C)C. The molecule has 0 fully saturated rings. The Kier molecular flexibility index (Phi) is 3.96. The smallest absolute Gasteiger partial charge is 0.140 e. The maximum atomic E-state index is 10.1. The van der Waals surface area contributed by atoms with Gasteiger partial charge in [-0.05, 0) is 30.5 Å². The second-order valence-corrected chi connectivity index (χ2v) is 9.98. The third-order valence-corrected chi connectivity index (χ3v) is 3.29. The van der Waals surface area contributed by atoms with Crippen molar-refractivity contribution in [2.75, 3.05) is 0 Å². The Morgan fingerprint density at radius 2 is 1.62 bits per heavy atom. The minimum atomic E-state index is -1.41. The summed E-state index contributed by atoms with van der Waals surface area (Å²) >= 11 is 0. The predicted octanol–water partition coefficient (Wildman–Crippen LogP) is 3.22. The van der Waals surface area contributed by atoms with Gasteiger partial charge in [-0.15, -0.1) is 5.54 Å². The lowest BCUT2D eigenvalue weighted by molar-refractivity contribution is 0.237. The summed E-state index contributed by atoms with van der Waals surface area (Å²) in [5, 5.41) is 10.1. The Balaban J connectivity index is 3.05. The third kappa shape index (κ3) is 3.51. The number of rotatable bonds is 1. The van der Waals surface area contributed by atoms with E-state index in [2.05, 4.69) is 31.1 Å². The van der Waals surface area contributed by atoms with Gasteiger partial charge in [0, 0.05) is 0 Å². The Morgan fingerprint density at radius 3 is 2.06 bits per heavy atom. The highest BCUT2D eigenvalue weighted by Gasteiger charge is 2.12. The lowest BCUT2D eigenvalue weighted by Gasteiger charge is -2.12. The number of hydrogen-bond donors (Lipinski definition) is 1. The molecule has 0 aromatic heterocycles. The lowest BCUT2D eigenvalue weighted by atomic mass is 9.98. The summed E-state index contributed by atoms with van der Waals surface area (Å²) in [6, 6.07) is 6.04. The van der Waals surface area contributed by atoms with Crippen molar-refractivity contribution in [1.29, 1.82) is 0 Å². The van der Waals surface area contributed by atoms with E-state index in [0.29, 0.717) is 0 Å². The Hall–Kier alpha value is -1.04. The van der Waals surface area contributed by atoms with Gasteiger partial charge >= 0.3 is 0 Å². The van der Waals surface area contributed by atoms with Crippen LogP contribution < -0.4 is 0 Å². The van der Waals surface area contributed by atoms with Crippen LogP contribution in [0.3, 0.4) is 0 Å². The van der Waals surface area contributed by atoms with Crippen LogP contribution in [0.1, 0.15) is 22.8 Å². The molecule has 0 spiro atoms. The predicted molar refractivity (Wildman–Crippen MR) is 72.0 cm³/mol. The van der Waals surface area contributed by atoms with Gasteiger partial charge in [-0.25, -0.2) is 0 Å². The van der Waals surface area contributed by atoms with E-state index in [1.165, 1.54) is 0 Å². The first-order valence-electron chi connectivity index (χ1n) is 5.58. The molecule has 16 heavy (non-hydrogen) atoms. The molecule has 0 radical (unpaired) electrons. The monoisotopic (exact) mass is 232 g/mol. The summed E-state index contributed by atoms with van der Waals surface area (Å²) in [6.45, 7) is 10.6. The number of aryl methyl sites for hydroxylation is 2. The van der Waals surface area contributed by atoms with Crippen molar-refractivity contribution < 1.29 is 5.11 Å². The zero-order valence-electron chi connectivity index (χ0n) is 10.8. The van der Waals surface area contributed by atoms with Crippen LogP contribution in [0.25, 0.3) is 0 Å². The number of benzene rings is 1. The van der Waals surface area contributed by atoms with Crippen molar-refractivity contribution in [3.8, 4) is 11.5 Å². The van der Waals surface area contributed by atoms with E-state index in [4.69, 9.17) is 0 Å². The second kappa shape index (κ2) is 4.86. The number of hydrogen-bond acceptors (Lipinski definition) is 1. The average Bonchev–Trinajstić information content (AvgIpc) is 2.13. The molecule has 0 bridgehead atoms. The van der Waals surface area contributed by atoms with Gasteiger partial charge in [0.15, 0.2) is 0 Å². The van der Waals surface area contributed by atoms with Crippen molar-refractivity contribution in [1.82, 2.24) is 0 Å². The van der Waals surface area contributed by atoms with Crippen LogP contribution in [0.15, 0.2) is 18.2 Å². The standard InChI is InChI=1S/C14H20OSi/c1-11-7-6-8-12(2)14(11)13(15)9-10-16(3,4)5/h6-8,13,15H,1-5H3. The Morgan fingerprint density at radius 1 is 1.12 bits per heavy atom. The molecule has 0 amide bonds. The molecule has 86 valence electrons. The first-order chi connectivity index (χ1) is 7.31. The van der Waals surface area contributed by atoms with Gasteiger partial charge < -0.3 is 5.11 Å². The van der Waals surface area contributed by atoms with Crippen molar-refractivity contribution in [2.24, 2.45) is 0 Å². The molecule has 0 heterocycles. The van der Waals surface area contributed by atoms with Gasteiger partial charge in [-0.3, -0.25) is 0 Å². The van der Waals surface area contributed by atoms with E-state index in [9.17, 15) is 5.11 Å². The fourth-order valence-electron chi connectivity index (χ4n) is 1.62. The molecular weight excluding hydrogens is 212 g/mol. The molecule has 1 aromatic carbocycles. The Labute approximate surface area is 99.5 Å². The van der Waals surface area contributed by atoms with Crippen molar-refractivity contribution in [3.63, 3.8) is 0 Å². The van der Waals surface area contributed by atoms with Crippen LogP contribution >= 0.6 is 0 Å². The summed E-state index contributed by atoms with van der Waals surface area (Å²) in [6.07, 6.45) is -0.645. The zero-order valence-corrected chi connectivity index (χ0v) is 11.8. The third-order valence-electron chi connectivity index (χ3n) is 2.40. The average molecular weight is 232 g/mol. The minimum Gasteiger partial charge on any atom is -0.376 e. The molecule has 0 saturated carbocycles. The van der Waals surface area contributed by atoms with Crippen molar-refractivity contribution >= 4 is 8.07 Å². The van der Waals surface area contributed by atoms with Gasteiger partial charge in [-0.1, -0.05) is 43.8 Å². The molecule has 2 heteroatoms. The van der Waals surface area contributed by atoms with Crippen LogP contribution in [0, 0.1) is 25.3 Å². The summed E-state index contributed by atoms with van der Waals surface area (Å²) in [5.74, 6) is 2.99. The van der Waals surface area contributed by atoms with E-state index in [1.807, 2.05) is 32.0 Å². The molecular formula is C14H20OSi. The summed E-state index contributed by atoms with van der Waals surface area (Å²) in [5.41, 5.74) is 6.40. The molecule has 1 aromatic rings. The highest BCUT2D eigenvalue weighted by Crippen LogP contribution is 2.21. The quantitative estimate of drug-likeness (QED) is 0.582. The van der Waals surface area contributed by atoms with Crippen LogP contribution in [0.5, 0.6) is 0 Å². The molecule has 0 aliphatic heterocycles. The maximum Gasteiger partial charge on any atom is 0.140 e. The van der Waals surface area contributed by atoms with Gasteiger partial charge in [0.1, 0.15) is 14.2 Å². The maximum absolute atomic E-state index is 10.1. The van der Waals surface area contributed by atoms with Crippen LogP contribution in [0.4, 0.5) is 0 Å². The van der Waals surface area contributed by atoms with E-state index in [-0.39, 0.29) is 0 Å². The van der Waals surface area contributed by atoms with E-state index in [1.54, 1.807) is 0 Å². The van der Waals surface area contributed by atoms with Gasteiger partial charge in [-0.2, -0.15) is 0 Å². The Bertz CT molecular complexity index is 412. The van der Waals surface area contributed by atoms with Crippen molar-refractivity contribution in [2.45, 2.75) is 39.6 Å². The van der Waals surface area contributed by atoms with Gasteiger partial charge in [0.2, 0.25) is 0 Å². The topological polar surface area (TPSA) is 20.2 Å². The second-order valence-electron chi connectivity index (χ2n) is 5.23. The summed E-state index contributed by atoms with van der Waals surface area (Å²) in [7, 11) is -1.41. The molecule has 1 N–H and O–H groups in total. The molecule has 1 nitrogen and oxygen atoms in total. The molecule has 0 saturated heterocycles. The lowest BCUT2D eigenvalue weighted by Crippen LogP contribution is -2.17. The van der Waals surface area contributed by atoms with Crippen LogP contribution in [-0.4, -0.2) is 13.2 Å². The van der Waals surface area contributed by atoms with E-state index in [0.717, 1.165) is 16.7 Å². The number of aliphatic hydroxyl groups is 1. The van der Waals surface area contributed by atoms with E-state index >= 15 is 0 Å². The molecule has 0 aliphatic rings. The van der Waals surface area contributed by atoms with Crippen molar-refractivity contribution in [3.05, 3.63) is 34.9 Å². The molecule has 1 rings (SSSR count). The largest absolute Gasteiger partial charge is 0.376 e. The first-order valence-corrected chi connectivity index (χ1v) is 9.08. The highest BCUT2D eigenvalue weighted by atomic mass is 28.3.